The van der Waals surface area contributed by atoms with E-state index in [0.717, 1.165) is 55.4 Å². The van der Waals surface area contributed by atoms with Crippen molar-refractivity contribution >= 4 is 54.7 Å². The molecule has 0 saturated carbocycles. The lowest BCUT2D eigenvalue weighted by atomic mass is 9.57. The molecule has 1 spiro atoms. The zero-order valence-electron chi connectivity index (χ0n) is 26.6. The summed E-state index contributed by atoms with van der Waals surface area (Å²) in [7, 11) is 0. The molecule has 0 aromatic heterocycles. The Morgan fingerprint density at radius 3 is 1.52 bits per heavy atom. The van der Waals surface area contributed by atoms with Crippen molar-refractivity contribution in [3.05, 3.63) is 157 Å². The topological polar surface area (TPSA) is 20.3 Å². The van der Waals surface area contributed by atoms with E-state index < -0.39 is 5.41 Å². The smallest absolute Gasteiger partial charge is 0.193 e. The van der Waals surface area contributed by atoms with Crippen molar-refractivity contribution in [1.29, 1.82) is 0 Å². The number of hydrogen-bond acceptors (Lipinski definition) is 2. The molecule has 0 amide bonds. The van der Waals surface area contributed by atoms with Gasteiger partial charge in [0.1, 0.15) is 0 Å². The molecule has 1 aliphatic carbocycles. The third-order valence-corrected chi connectivity index (χ3v) is 10.8. The Morgan fingerprint density at radius 2 is 1.04 bits per heavy atom. The molecule has 2 nitrogen and oxygen atoms in total. The third-order valence-electron chi connectivity index (χ3n) is 9.79. The second-order valence-corrected chi connectivity index (χ2v) is 14.6. The monoisotopic (exact) mass is 731 g/mol. The Kier molecular flexibility index (Phi) is 8.78. The standard InChI is InChI=1S/C42H39Br2NO/c1-3-5-7-13-28-23-29(14-8-6-4-2)25-32(24-28)45-39-21-19-30(43)26-37(39)42(38-27-31(44)20-22-40(38)45)35-17-11-9-15-33(35)41(46)34-16-10-12-18-36(34)42/h9-12,15-27H,3-8,13-14H2,1-2H3. The van der Waals surface area contributed by atoms with Crippen LogP contribution in [0, 0.1) is 0 Å². The molecule has 0 radical (unpaired) electrons. The highest BCUT2D eigenvalue weighted by Gasteiger charge is 2.51. The molecule has 0 saturated heterocycles. The number of ketones is 1. The van der Waals surface area contributed by atoms with Crippen molar-refractivity contribution in [3.63, 3.8) is 0 Å². The van der Waals surface area contributed by atoms with E-state index in [1.54, 1.807) is 0 Å². The van der Waals surface area contributed by atoms with Crippen LogP contribution in [-0.4, -0.2) is 5.78 Å². The fraction of sp³-hybridized carbons (Fsp3) is 0.262. The van der Waals surface area contributed by atoms with E-state index in [2.05, 4.69) is 129 Å². The summed E-state index contributed by atoms with van der Waals surface area (Å²) >= 11 is 7.72. The molecule has 2 aliphatic rings. The first-order chi connectivity index (χ1) is 22.5. The van der Waals surface area contributed by atoms with Crippen molar-refractivity contribution in [3.8, 4) is 0 Å². The Balaban J connectivity index is 1.54. The molecule has 0 N–H and O–H groups in total. The second-order valence-electron chi connectivity index (χ2n) is 12.8. The van der Waals surface area contributed by atoms with Crippen molar-refractivity contribution < 1.29 is 4.79 Å². The lowest BCUT2D eigenvalue weighted by Crippen LogP contribution is -2.42. The van der Waals surface area contributed by atoms with Gasteiger partial charge in [-0.1, -0.05) is 126 Å². The van der Waals surface area contributed by atoms with Gasteiger partial charge in [-0.15, -0.1) is 0 Å². The first-order valence-corrected chi connectivity index (χ1v) is 18.3. The molecule has 4 heteroatoms. The number of unbranched alkanes of at least 4 members (excludes halogenated alkanes) is 4. The predicted molar refractivity (Wildman–Crippen MR) is 198 cm³/mol. The van der Waals surface area contributed by atoms with E-state index in [9.17, 15) is 4.79 Å². The minimum atomic E-state index is -0.682. The van der Waals surface area contributed by atoms with Crippen LogP contribution in [0.5, 0.6) is 0 Å². The average molecular weight is 734 g/mol. The van der Waals surface area contributed by atoms with E-state index in [1.165, 1.54) is 66.5 Å². The van der Waals surface area contributed by atoms with Crippen LogP contribution >= 0.6 is 31.9 Å². The maximum absolute atomic E-state index is 14.0. The minimum Gasteiger partial charge on any atom is -0.310 e. The largest absolute Gasteiger partial charge is 0.310 e. The van der Waals surface area contributed by atoms with Gasteiger partial charge in [-0.3, -0.25) is 4.79 Å². The quantitative estimate of drug-likeness (QED) is 0.138. The van der Waals surface area contributed by atoms with Crippen molar-refractivity contribution in [2.24, 2.45) is 0 Å². The zero-order valence-corrected chi connectivity index (χ0v) is 29.8. The summed E-state index contributed by atoms with van der Waals surface area (Å²) in [6.07, 6.45) is 9.49. The molecule has 46 heavy (non-hydrogen) atoms. The summed E-state index contributed by atoms with van der Waals surface area (Å²) in [5.74, 6) is 0.0869. The fourth-order valence-corrected chi connectivity index (χ4v) is 8.49. The first kappa shape index (κ1) is 31.1. The van der Waals surface area contributed by atoms with Gasteiger partial charge in [-0.2, -0.15) is 0 Å². The third kappa shape index (κ3) is 5.18. The highest BCUT2D eigenvalue weighted by atomic mass is 79.9. The van der Waals surface area contributed by atoms with Gasteiger partial charge in [0.25, 0.3) is 0 Å². The number of halogens is 2. The molecule has 1 aliphatic heterocycles. The van der Waals surface area contributed by atoms with Gasteiger partial charge in [0.2, 0.25) is 0 Å². The molecule has 232 valence electrons. The number of fused-ring (bicyclic) bond motifs is 8. The predicted octanol–water partition coefficient (Wildman–Crippen LogP) is 12.4. The summed E-state index contributed by atoms with van der Waals surface area (Å²) in [5.41, 5.74) is 11.6. The summed E-state index contributed by atoms with van der Waals surface area (Å²) in [5, 5.41) is 0. The number of carbonyl (C=O) groups excluding carboxylic acids is 1. The summed E-state index contributed by atoms with van der Waals surface area (Å²) < 4.78 is 2.04. The van der Waals surface area contributed by atoms with Gasteiger partial charge in [0.05, 0.1) is 16.8 Å². The summed E-state index contributed by atoms with van der Waals surface area (Å²) in [4.78, 5) is 16.5. The fourth-order valence-electron chi connectivity index (χ4n) is 7.77. The number of anilines is 3. The number of hydrogen-bond donors (Lipinski definition) is 0. The molecule has 0 unspecified atom stereocenters. The van der Waals surface area contributed by atoms with Gasteiger partial charge in [0.15, 0.2) is 5.78 Å². The molecule has 0 atom stereocenters. The van der Waals surface area contributed by atoms with Crippen LogP contribution in [0.25, 0.3) is 0 Å². The molecule has 0 bridgehead atoms. The number of aryl methyl sites for hydroxylation is 2. The van der Waals surface area contributed by atoms with E-state index in [-0.39, 0.29) is 5.78 Å². The van der Waals surface area contributed by atoms with Crippen molar-refractivity contribution in [2.45, 2.75) is 70.6 Å². The number of rotatable bonds is 9. The molecular weight excluding hydrogens is 694 g/mol. The first-order valence-electron chi connectivity index (χ1n) is 16.7. The Bertz CT molecular complexity index is 1810. The molecule has 5 aromatic rings. The van der Waals surface area contributed by atoms with Crippen LogP contribution < -0.4 is 4.90 Å². The van der Waals surface area contributed by atoms with Crippen LogP contribution in [0.3, 0.4) is 0 Å². The Labute approximate surface area is 290 Å². The lowest BCUT2D eigenvalue weighted by molar-refractivity contribution is 0.103. The highest BCUT2D eigenvalue weighted by Crippen LogP contribution is 2.61. The maximum Gasteiger partial charge on any atom is 0.193 e. The maximum atomic E-state index is 14.0. The number of nitrogens with zero attached hydrogens (tertiary/aromatic N) is 1. The van der Waals surface area contributed by atoms with Gasteiger partial charge >= 0.3 is 0 Å². The normalized spacial score (nSPS) is 14.1. The Hall–Kier alpha value is -3.47. The van der Waals surface area contributed by atoms with Crippen LogP contribution in [-0.2, 0) is 18.3 Å². The van der Waals surface area contributed by atoms with Crippen molar-refractivity contribution in [2.75, 3.05) is 4.90 Å². The van der Waals surface area contributed by atoms with Crippen LogP contribution in [0.1, 0.15) is 102 Å². The van der Waals surface area contributed by atoms with E-state index in [1.807, 2.05) is 24.3 Å². The second kappa shape index (κ2) is 13.0. The lowest BCUT2D eigenvalue weighted by Gasteiger charge is -2.49. The number of carbonyl (C=O) groups is 1. The van der Waals surface area contributed by atoms with Gasteiger partial charge < -0.3 is 4.90 Å². The van der Waals surface area contributed by atoms with Crippen LogP contribution in [0.15, 0.2) is 112 Å². The molecule has 1 heterocycles. The van der Waals surface area contributed by atoms with Gasteiger partial charge in [0, 0.05) is 25.8 Å². The van der Waals surface area contributed by atoms with E-state index >= 15 is 0 Å². The molecule has 0 fully saturated rings. The van der Waals surface area contributed by atoms with Crippen LogP contribution in [0.2, 0.25) is 0 Å². The summed E-state index contributed by atoms with van der Waals surface area (Å²) in [6, 6.07) is 37.1. The van der Waals surface area contributed by atoms with Crippen molar-refractivity contribution in [1.82, 2.24) is 0 Å². The van der Waals surface area contributed by atoms with E-state index in [4.69, 9.17) is 0 Å². The van der Waals surface area contributed by atoms with Crippen LogP contribution in [0.4, 0.5) is 17.1 Å². The SMILES string of the molecule is CCCCCc1cc(CCCCC)cc(N2c3ccc(Br)cc3C3(c4ccccc4C(=O)c4ccccc43)c3cc(Br)ccc32)c1. The summed E-state index contributed by atoms with van der Waals surface area (Å²) in [6.45, 7) is 4.55. The average Bonchev–Trinajstić information content (AvgIpc) is 3.07. The molecular formula is C42H39Br2NO. The van der Waals surface area contributed by atoms with E-state index in [0.29, 0.717) is 0 Å². The highest BCUT2D eigenvalue weighted by molar-refractivity contribution is 9.10. The number of benzene rings is 5. The van der Waals surface area contributed by atoms with Gasteiger partial charge in [-0.25, -0.2) is 0 Å². The minimum absolute atomic E-state index is 0.0869. The zero-order chi connectivity index (χ0) is 31.8. The molecule has 5 aromatic carbocycles. The molecule has 7 rings (SSSR count). The van der Waals surface area contributed by atoms with Gasteiger partial charge in [-0.05, 0) is 108 Å². The Morgan fingerprint density at radius 1 is 0.565 bits per heavy atom.